The molecule has 0 atom stereocenters. The van der Waals surface area contributed by atoms with Crippen LogP contribution in [0.1, 0.15) is 2.85 Å². The first-order chi connectivity index (χ1) is 0. The van der Waals surface area contributed by atoms with Crippen molar-refractivity contribution in [3.63, 3.8) is 0 Å². The topological polar surface area (TPSA) is 31.5 Å². The predicted molar refractivity (Wildman–Crippen MR) is 30.1 cm³/mol. The summed E-state index contributed by atoms with van der Waals surface area (Å²) in [4.78, 5) is 0. The smallest absolute Gasteiger partial charge is 1.00 e. The van der Waals surface area contributed by atoms with E-state index < -0.39 is 0 Å². The summed E-state index contributed by atoms with van der Waals surface area (Å²) in [5, 5.41) is 0. The Morgan fingerprint density at radius 3 is 1.25 bits per heavy atom. The molecular formula is H9AlCaOSi. The molecule has 4 heavy (non-hydrogen) atoms. The van der Waals surface area contributed by atoms with Crippen molar-refractivity contribution in [1.82, 2.24) is 0 Å². The third-order valence-electron chi connectivity index (χ3n) is 0. The van der Waals surface area contributed by atoms with Crippen LogP contribution in [0.5, 0.6) is 0 Å². The fraction of sp³-hybridized carbons (Fsp3) is 0. The molecule has 0 aliphatic rings. The zero-order valence-electron chi connectivity index (χ0n) is 5.21. The largest absolute Gasteiger partial charge is 2.00 e. The molecule has 2 N–H and O–H groups in total. The van der Waals surface area contributed by atoms with Gasteiger partial charge in [0, 0.05) is 0 Å². The first-order valence-corrected chi connectivity index (χ1v) is 0. The second kappa shape index (κ2) is 20.2. The molecule has 0 heterocycles. The Kier molecular flexibility index (Phi) is 192. The summed E-state index contributed by atoms with van der Waals surface area (Å²) in [5.74, 6) is 0. The van der Waals surface area contributed by atoms with Crippen LogP contribution in [0.25, 0.3) is 0 Å². The molecule has 0 saturated heterocycles. The minimum absolute atomic E-state index is 0. The van der Waals surface area contributed by atoms with Crippen molar-refractivity contribution in [3.8, 4) is 0 Å². The van der Waals surface area contributed by atoms with Crippen molar-refractivity contribution in [2.75, 3.05) is 0 Å². The first kappa shape index (κ1) is 38.0. The monoisotopic (exact) mass is 120 g/mol. The van der Waals surface area contributed by atoms with Gasteiger partial charge in [0.05, 0.1) is 0 Å². The van der Waals surface area contributed by atoms with Crippen LogP contribution in [-0.4, -0.2) is 71.5 Å². The molecule has 0 amide bonds. The third kappa shape index (κ3) is 9.02. The molecule has 0 aromatic rings. The predicted octanol–water partition coefficient (Wildman–Crippen LogP) is -3.08. The molecule has 0 aromatic carbocycles. The number of hydrogen-bond acceptors (Lipinski definition) is 0. The minimum Gasteiger partial charge on any atom is -1.00 e. The Balaban J connectivity index is 0. The van der Waals surface area contributed by atoms with E-state index in [9.17, 15) is 0 Å². The molecule has 0 aromatic heterocycles. The van der Waals surface area contributed by atoms with Crippen LogP contribution in [0.2, 0.25) is 0 Å². The van der Waals surface area contributed by atoms with E-state index in [-0.39, 0.29) is 74.4 Å². The summed E-state index contributed by atoms with van der Waals surface area (Å²) in [6, 6.07) is 0. The summed E-state index contributed by atoms with van der Waals surface area (Å²) in [6.07, 6.45) is 0. The van der Waals surface area contributed by atoms with E-state index in [1.54, 1.807) is 0 Å². The van der Waals surface area contributed by atoms with Crippen molar-refractivity contribution in [2.24, 2.45) is 0 Å². The van der Waals surface area contributed by atoms with E-state index in [0.717, 1.165) is 0 Å². The average Bonchev–Trinajstić information content (AvgIpc) is 0. The van der Waals surface area contributed by atoms with E-state index >= 15 is 0 Å². The molecule has 0 unspecified atom stereocenters. The zero-order valence-corrected chi connectivity index (χ0v) is 9.42. The van der Waals surface area contributed by atoms with Crippen LogP contribution < -0.4 is 0 Å². The maximum atomic E-state index is 0. The van der Waals surface area contributed by atoms with Crippen molar-refractivity contribution < 1.29 is 8.33 Å². The van der Waals surface area contributed by atoms with Gasteiger partial charge in [-0.2, -0.15) is 0 Å². The average molecular weight is 120 g/mol. The SMILES string of the molecule is O.[AlH2].[Ca+2].[H-].[H-].[SiH3]. The summed E-state index contributed by atoms with van der Waals surface area (Å²) < 4.78 is 0. The van der Waals surface area contributed by atoms with E-state index in [4.69, 9.17) is 0 Å². The number of rotatable bonds is 0. The van der Waals surface area contributed by atoms with Gasteiger partial charge in [0.2, 0.25) is 0 Å². The molecular weight excluding hydrogens is 111 g/mol. The van der Waals surface area contributed by atoms with Gasteiger partial charge >= 0.3 is 37.7 Å². The van der Waals surface area contributed by atoms with Crippen molar-refractivity contribution in [1.29, 1.82) is 0 Å². The second-order valence-corrected chi connectivity index (χ2v) is 0. The van der Waals surface area contributed by atoms with Gasteiger partial charge in [0.15, 0.2) is 0 Å². The molecule has 0 bridgehead atoms. The van der Waals surface area contributed by atoms with Gasteiger partial charge in [-0.15, -0.1) is 0 Å². The molecule has 24 valence electrons. The molecule has 0 saturated carbocycles. The van der Waals surface area contributed by atoms with Gasteiger partial charge in [-0.05, 0) is 11.0 Å². The molecule has 0 fully saturated rings. The van der Waals surface area contributed by atoms with Gasteiger partial charge in [-0.3, -0.25) is 0 Å². The Hall–Kier alpha value is 1.97. The van der Waals surface area contributed by atoms with E-state index in [1.165, 1.54) is 0 Å². The van der Waals surface area contributed by atoms with E-state index in [1.807, 2.05) is 0 Å². The molecule has 0 aliphatic carbocycles. The Labute approximate surface area is 73.6 Å². The van der Waals surface area contributed by atoms with Crippen LogP contribution in [0.3, 0.4) is 0 Å². The molecule has 2 radical (unpaired) electrons. The van der Waals surface area contributed by atoms with Crippen LogP contribution in [0.15, 0.2) is 0 Å². The minimum atomic E-state index is 0. The first-order valence-electron chi connectivity index (χ1n) is 0. The van der Waals surface area contributed by atoms with Crippen LogP contribution >= 0.6 is 0 Å². The molecule has 0 spiro atoms. The second-order valence-electron chi connectivity index (χ2n) is 0. The van der Waals surface area contributed by atoms with Crippen molar-refractivity contribution >= 4 is 66.1 Å². The zero-order chi connectivity index (χ0) is 0. The Morgan fingerprint density at radius 1 is 1.25 bits per heavy atom. The maximum Gasteiger partial charge on any atom is 2.00 e. The van der Waals surface area contributed by atoms with E-state index in [2.05, 4.69) is 0 Å². The molecule has 0 rings (SSSR count). The van der Waals surface area contributed by atoms with Crippen LogP contribution in [0.4, 0.5) is 0 Å². The molecule has 1 nitrogen and oxygen atoms in total. The quantitative estimate of drug-likeness (QED) is 0.304. The van der Waals surface area contributed by atoms with Gasteiger partial charge in [0.1, 0.15) is 17.4 Å². The van der Waals surface area contributed by atoms with Gasteiger partial charge in [-0.25, -0.2) is 0 Å². The maximum absolute atomic E-state index is 0. The fourth-order valence-corrected chi connectivity index (χ4v) is 0. The van der Waals surface area contributed by atoms with Crippen LogP contribution in [0, 0.1) is 0 Å². The van der Waals surface area contributed by atoms with Gasteiger partial charge < -0.3 is 8.33 Å². The van der Waals surface area contributed by atoms with Gasteiger partial charge in [0.25, 0.3) is 0 Å². The summed E-state index contributed by atoms with van der Waals surface area (Å²) in [7, 11) is 0. The van der Waals surface area contributed by atoms with Crippen molar-refractivity contribution in [3.05, 3.63) is 0 Å². The molecule has 4 heteroatoms. The van der Waals surface area contributed by atoms with E-state index in [0.29, 0.717) is 0 Å². The normalized spacial score (nSPS) is 0. The number of hydrogen-bond donors (Lipinski definition) is 0. The van der Waals surface area contributed by atoms with Crippen molar-refractivity contribution in [2.45, 2.75) is 0 Å². The summed E-state index contributed by atoms with van der Waals surface area (Å²) >= 11 is 0. The third-order valence-corrected chi connectivity index (χ3v) is 0. The fourth-order valence-electron chi connectivity index (χ4n) is 0. The summed E-state index contributed by atoms with van der Waals surface area (Å²) in [5.41, 5.74) is 0. The van der Waals surface area contributed by atoms with Crippen LogP contribution in [-0.2, 0) is 0 Å². The molecule has 0 aliphatic heterocycles. The standard InChI is InChI=1S/Al.Ca.H2O.H3Si.4H/h;;1H2;1H3;;;;/q;+2;;;;;2*-1. The Bertz CT molecular complexity index is 13.5. The Morgan fingerprint density at radius 2 is 1.25 bits per heavy atom. The van der Waals surface area contributed by atoms with Gasteiger partial charge in [-0.1, -0.05) is 0 Å². The summed E-state index contributed by atoms with van der Waals surface area (Å²) in [6.45, 7) is 0.